The van der Waals surface area contributed by atoms with E-state index in [9.17, 15) is 14.4 Å². The van der Waals surface area contributed by atoms with Crippen molar-refractivity contribution in [2.45, 2.75) is 26.3 Å². The van der Waals surface area contributed by atoms with E-state index in [2.05, 4.69) is 15.5 Å². The summed E-state index contributed by atoms with van der Waals surface area (Å²) in [5.41, 5.74) is 1.01. The summed E-state index contributed by atoms with van der Waals surface area (Å²) in [5, 5.41) is 27.0. The van der Waals surface area contributed by atoms with Gasteiger partial charge in [-0.15, -0.1) is 0 Å². The predicted molar refractivity (Wildman–Crippen MR) is 62.6 cm³/mol. The lowest BCUT2D eigenvalue weighted by atomic mass is 10.1. The third-order valence-corrected chi connectivity index (χ3v) is 2.33. The van der Waals surface area contributed by atoms with Crippen LogP contribution in [0.15, 0.2) is 6.07 Å². The van der Waals surface area contributed by atoms with Gasteiger partial charge in [-0.25, -0.2) is 4.79 Å². The maximum absolute atomic E-state index is 11.9. The molecule has 19 heavy (non-hydrogen) atoms. The van der Waals surface area contributed by atoms with Crippen molar-refractivity contribution >= 4 is 17.8 Å². The number of aliphatic carboxylic acids is 2. The average Bonchev–Trinajstić information content (AvgIpc) is 2.30. The summed E-state index contributed by atoms with van der Waals surface area (Å²) in [4.78, 5) is 33.2. The third kappa shape index (κ3) is 4.02. The van der Waals surface area contributed by atoms with Crippen molar-refractivity contribution in [3.63, 3.8) is 0 Å². The van der Waals surface area contributed by atoms with Gasteiger partial charge in [0, 0.05) is 0 Å². The Labute approximate surface area is 108 Å². The van der Waals surface area contributed by atoms with E-state index < -0.39 is 30.3 Å². The molecule has 1 aromatic rings. The normalized spacial score (nSPS) is 11.7. The summed E-state index contributed by atoms with van der Waals surface area (Å²) in [6.07, 6.45) is -0.697. The molecule has 0 saturated carbocycles. The summed E-state index contributed by atoms with van der Waals surface area (Å²) in [6.45, 7) is 3.18. The molecule has 1 atom stereocenters. The quantitative estimate of drug-likeness (QED) is 0.670. The van der Waals surface area contributed by atoms with Crippen LogP contribution in [0.3, 0.4) is 0 Å². The largest absolute Gasteiger partial charge is 0.481 e. The van der Waals surface area contributed by atoms with E-state index in [4.69, 9.17) is 10.2 Å². The number of hydrogen-bond donors (Lipinski definition) is 3. The van der Waals surface area contributed by atoms with Crippen molar-refractivity contribution in [1.29, 1.82) is 0 Å². The number of nitrogens with zero attached hydrogens (tertiary/aromatic N) is 2. The van der Waals surface area contributed by atoms with E-state index in [0.29, 0.717) is 11.4 Å². The molecule has 0 radical (unpaired) electrons. The number of carboxylic acids is 2. The van der Waals surface area contributed by atoms with Gasteiger partial charge in [-0.3, -0.25) is 9.59 Å². The molecular formula is C11H13N3O5. The summed E-state index contributed by atoms with van der Waals surface area (Å²) >= 11 is 0. The van der Waals surface area contributed by atoms with E-state index in [1.807, 2.05) is 0 Å². The number of carboxylic acid groups (broad SMARTS) is 2. The molecule has 3 N–H and O–H groups in total. The first-order chi connectivity index (χ1) is 8.81. The standard InChI is InChI=1S/C11H13N3O5/c1-5-3-7(6(2)14-13-5)10(17)12-8(11(18)19)4-9(15)16/h3,8H,4H2,1-2H3,(H,12,17)(H,15,16)(H,18,19)/t8-/m0/s1. The van der Waals surface area contributed by atoms with Crippen LogP contribution in [0.5, 0.6) is 0 Å². The van der Waals surface area contributed by atoms with Gasteiger partial charge in [-0.2, -0.15) is 10.2 Å². The van der Waals surface area contributed by atoms with Crippen LogP contribution in [0.4, 0.5) is 0 Å². The van der Waals surface area contributed by atoms with E-state index >= 15 is 0 Å². The highest BCUT2D eigenvalue weighted by molar-refractivity contribution is 5.98. The van der Waals surface area contributed by atoms with Crippen LogP contribution in [0.25, 0.3) is 0 Å². The van der Waals surface area contributed by atoms with Crippen molar-refractivity contribution < 1.29 is 24.6 Å². The van der Waals surface area contributed by atoms with Crippen molar-refractivity contribution in [3.8, 4) is 0 Å². The van der Waals surface area contributed by atoms with Crippen LogP contribution in [0.1, 0.15) is 28.2 Å². The average molecular weight is 267 g/mol. The van der Waals surface area contributed by atoms with Crippen LogP contribution < -0.4 is 5.32 Å². The molecule has 0 unspecified atom stereocenters. The van der Waals surface area contributed by atoms with Gasteiger partial charge in [0.1, 0.15) is 6.04 Å². The molecule has 1 aromatic heterocycles. The SMILES string of the molecule is Cc1cc(C(=O)N[C@@H](CC(=O)O)C(=O)O)c(C)nn1. The fourth-order valence-corrected chi connectivity index (χ4v) is 1.39. The highest BCUT2D eigenvalue weighted by atomic mass is 16.4. The molecule has 0 fully saturated rings. The molecule has 0 saturated heterocycles. The molecule has 8 nitrogen and oxygen atoms in total. The van der Waals surface area contributed by atoms with Crippen molar-refractivity contribution in [1.82, 2.24) is 15.5 Å². The molecule has 0 aromatic carbocycles. The number of aryl methyl sites for hydroxylation is 2. The first kappa shape index (κ1) is 14.6. The van der Waals surface area contributed by atoms with E-state index in [0.717, 1.165) is 0 Å². The minimum atomic E-state index is -1.49. The summed E-state index contributed by atoms with van der Waals surface area (Å²) < 4.78 is 0. The molecular weight excluding hydrogens is 254 g/mol. The Kier molecular flexibility index (Phi) is 4.51. The zero-order chi connectivity index (χ0) is 14.6. The van der Waals surface area contributed by atoms with Gasteiger partial charge in [0.15, 0.2) is 0 Å². The molecule has 0 aliphatic carbocycles. The van der Waals surface area contributed by atoms with Gasteiger partial charge in [-0.05, 0) is 19.9 Å². The number of hydrogen-bond acceptors (Lipinski definition) is 5. The van der Waals surface area contributed by atoms with Gasteiger partial charge < -0.3 is 15.5 Å². The van der Waals surface area contributed by atoms with Crippen molar-refractivity contribution in [2.24, 2.45) is 0 Å². The molecule has 1 heterocycles. The number of nitrogens with one attached hydrogen (secondary N) is 1. The predicted octanol–water partition coefficient (Wildman–Crippen LogP) is -0.249. The lowest BCUT2D eigenvalue weighted by molar-refractivity contribution is -0.145. The Morgan fingerprint density at radius 1 is 1.26 bits per heavy atom. The molecule has 0 spiro atoms. The van der Waals surface area contributed by atoms with Crippen LogP contribution in [0, 0.1) is 13.8 Å². The Bertz CT molecular complexity index is 529. The lowest BCUT2D eigenvalue weighted by Gasteiger charge is -2.13. The van der Waals surface area contributed by atoms with Gasteiger partial charge in [-0.1, -0.05) is 0 Å². The second-order valence-electron chi connectivity index (χ2n) is 3.95. The fourth-order valence-electron chi connectivity index (χ4n) is 1.39. The zero-order valence-electron chi connectivity index (χ0n) is 10.4. The maximum atomic E-state index is 11.9. The zero-order valence-corrected chi connectivity index (χ0v) is 10.4. The van der Waals surface area contributed by atoms with E-state index in [-0.39, 0.29) is 5.56 Å². The Morgan fingerprint density at radius 3 is 2.42 bits per heavy atom. The highest BCUT2D eigenvalue weighted by Gasteiger charge is 2.24. The van der Waals surface area contributed by atoms with Gasteiger partial charge >= 0.3 is 11.9 Å². The van der Waals surface area contributed by atoms with Crippen molar-refractivity contribution in [2.75, 3.05) is 0 Å². The third-order valence-electron chi connectivity index (χ3n) is 2.33. The van der Waals surface area contributed by atoms with Gasteiger partial charge in [0.2, 0.25) is 0 Å². The molecule has 0 aliphatic rings. The fraction of sp³-hybridized carbons (Fsp3) is 0.364. The van der Waals surface area contributed by atoms with Crippen LogP contribution in [-0.2, 0) is 9.59 Å². The van der Waals surface area contributed by atoms with Crippen LogP contribution >= 0.6 is 0 Å². The number of amides is 1. The number of carbonyl (C=O) groups excluding carboxylic acids is 1. The second-order valence-corrected chi connectivity index (χ2v) is 3.95. The summed E-state index contributed by atoms with van der Waals surface area (Å²) in [7, 11) is 0. The second kappa shape index (κ2) is 5.89. The topological polar surface area (TPSA) is 129 Å². The lowest BCUT2D eigenvalue weighted by Crippen LogP contribution is -2.42. The summed E-state index contributed by atoms with van der Waals surface area (Å²) in [5.74, 6) is -3.41. The minimum absolute atomic E-state index is 0.170. The molecule has 0 bridgehead atoms. The van der Waals surface area contributed by atoms with E-state index in [1.165, 1.54) is 6.07 Å². The first-order valence-corrected chi connectivity index (χ1v) is 5.37. The monoisotopic (exact) mass is 267 g/mol. The van der Waals surface area contributed by atoms with Gasteiger partial charge in [0.05, 0.1) is 23.4 Å². The molecule has 8 heteroatoms. The van der Waals surface area contributed by atoms with Crippen LogP contribution in [0.2, 0.25) is 0 Å². The molecule has 0 aliphatic heterocycles. The Balaban J connectivity index is 2.90. The number of carbonyl (C=O) groups is 3. The number of rotatable bonds is 5. The molecule has 1 amide bonds. The Morgan fingerprint density at radius 2 is 1.89 bits per heavy atom. The maximum Gasteiger partial charge on any atom is 0.326 e. The van der Waals surface area contributed by atoms with Gasteiger partial charge in [0.25, 0.3) is 5.91 Å². The smallest absolute Gasteiger partial charge is 0.326 e. The Hall–Kier alpha value is -2.51. The molecule has 1 rings (SSSR count). The minimum Gasteiger partial charge on any atom is -0.481 e. The van der Waals surface area contributed by atoms with E-state index in [1.54, 1.807) is 13.8 Å². The molecule has 102 valence electrons. The highest BCUT2D eigenvalue weighted by Crippen LogP contribution is 2.06. The number of aromatic nitrogens is 2. The van der Waals surface area contributed by atoms with Crippen LogP contribution in [-0.4, -0.2) is 44.3 Å². The summed E-state index contributed by atoms with van der Waals surface area (Å²) in [6, 6.07) is -0.0324. The first-order valence-electron chi connectivity index (χ1n) is 5.37. The van der Waals surface area contributed by atoms with Crippen molar-refractivity contribution in [3.05, 3.63) is 23.0 Å².